The van der Waals surface area contributed by atoms with Crippen LogP contribution >= 0.6 is 0 Å². The first kappa shape index (κ1) is 12.6. The van der Waals surface area contributed by atoms with Gasteiger partial charge in [-0.3, -0.25) is 4.68 Å². The summed E-state index contributed by atoms with van der Waals surface area (Å²) in [5.41, 5.74) is 2.92. The van der Waals surface area contributed by atoms with Crippen LogP contribution < -0.4 is 5.32 Å². The highest BCUT2D eigenvalue weighted by Gasteiger charge is 2.34. The van der Waals surface area contributed by atoms with Gasteiger partial charge in [0, 0.05) is 29.7 Å². The number of aromatic nitrogens is 2. The van der Waals surface area contributed by atoms with Crippen LogP contribution in [0.15, 0.2) is 6.20 Å². The van der Waals surface area contributed by atoms with Gasteiger partial charge in [-0.05, 0) is 53.5 Å². The second kappa shape index (κ2) is 3.84. The number of nitrogens with zero attached hydrogens (tertiary/aromatic N) is 2. The monoisotopic (exact) mass is 235 g/mol. The summed E-state index contributed by atoms with van der Waals surface area (Å²) in [5.74, 6) is 0. The summed E-state index contributed by atoms with van der Waals surface area (Å²) >= 11 is 0. The molecule has 0 bridgehead atoms. The van der Waals surface area contributed by atoms with Crippen molar-refractivity contribution in [3.8, 4) is 0 Å². The Kier molecular flexibility index (Phi) is 2.85. The minimum Gasteiger partial charge on any atom is -0.306 e. The van der Waals surface area contributed by atoms with Crippen molar-refractivity contribution >= 4 is 0 Å². The van der Waals surface area contributed by atoms with Gasteiger partial charge < -0.3 is 5.32 Å². The first-order valence-corrected chi connectivity index (χ1v) is 6.55. The van der Waals surface area contributed by atoms with Crippen LogP contribution in [-0.4, -0.2) is 20.9 Å². The molecule has 0 saturated carbocycles. The average Bonchev–Trinajstić information content (AvgIpc) is 2.40. The summed E-state index contributed by atoms with van der Waals surface area (Å²) in [6.45, 7) is 13.4. The second-order valence-electron chi connectivity index (χ2n) is 6.92. The van der Waals surface area contributed by atoms with E-state index in [-0.39, 0.29) is 11.1 Å². The van der Waals surface area contributed by atoms with E-state index < -0.39 is 0 Å². The van der Waals surface area contributed by atoms with Gasteiger partial charge in [0.25, 0.3) is 0 Å². The van der Waals surface area contributed by atoms with E-state index in [9.17, 15) is 0 Å². The van der Waals surface area contributed by atoms with Crippen molar-refractivity contribution in [1.82, 2.24) is 15.1 Å². The molecule has 0 aliphatic carbocycles. The fraction of sp³-hybridized carbons (Fsp3) is 0.786. The number of fused-ring (bicyclic) bond motifs is 1. The summed E-state index contributed by atoms with van der Waals surface area (Å²) in [6.07, 6.45) is 4.29. The smallest absolute Gasteiger partial charge is 0.0675 e. The molecule has 3 heteroatoms. The van der Waals surface area contributed by atoms with Crippen molar-refractivity contribution in [1.29, 1.82) is 0 Å². The van der Waals surface area contributed by atoms with Crippen LogP contribution in [0.25, 0.3) is 0 Å². The minimum absolute atomic E-state index is 0.116. The summed E-state index contributed by atoms with van der Waals surface area (Å²) in [7, 11) is 0. The van der Waals surface area contributed by atoms with Gasteiger partial charge in [-0.2, -0.15) is 5.10 Å². The Balaban J connectivity index is 2.41. The van der Waals surface area contributed by atoms with Crippen LogP contribution in [0.4, 0.5) is 0 Å². The molecule has 0 saturated heterocycles. The maximum Gasteiger partial charge on any atom is 0.0675 e. The molecule has 0 spiro atoms. The van der Waals surface area contributed by atoms with Crippen molar-refractivity contribution < 1.29 is 0 Å². The van der Waals surface area contributed by atoms with Gasteiger partial charge in [0.2, 0.25) is 0 Å². The maximum atomic E-state index is 4.75. The zero-order chi connectivity index (χ0) is 12.8. The van der Waals surface area contributed by atoms with E-state index >= 15 is 0 Å². The molecule has 1 aromatic heterocycles. The number of hydrogen-bond donors (Lipinski definition) is 1. The molecule has 3 nitrogen and oxygen atoms in total. The fourth-order valence-electron chi connectivity index (χ4n) is 2.93. The van der Waals surface area contributed by atoms with E-state index in [2.05, 4.69) is 57.7 Å². The molecule has 0 radical (unpaired) electrons. The fourth-order valence-corrected chi connectivity index (χ4v) is 2.93. The Morgan fingerprint density at radius 3 is 2.35 bits per heavy atom. The molecule has 0 fully saturated rings. The zero-order valence-electron chi connectivity index (χ0n) is 12.0. The molecular weight excluding hydrogens is 210 g/mol. The van der Waals surface area contributed by atoms with Crippen molar-refractivity contribution in [2.75, 3.05) is 0 Å². The summed E-state index contributed by atoms with van der Waals surface area (Å²) in [6, 6.07) is 0.445. The van der Waals surface area contributed by atoms with Crippen LogP contribution in [0.3, 0.4) is 0 Å². The van der Waals surface area contributed by atoms with Crippen LogP contribution in [0.1, 0.15) is 58.8 Å². The highest BCUT2D eigenvalue weighted by Crippen LogP contribution is 2.27. The lowest BCUT2D eigenvalue weighted by molar-refractivity contribution is 0.271. The topological polar surface area (TPSA) is 29.9 Å². The molecular formula is C14H25N3. The number of nitrogens with one attached hydrogen (secondary N) is 1. The SMILES string of the molecule is CC(C)n1cc2c(n1)CC(C)(C)NC(C)(C)C2. The maximum absolute atomic E-state index is 4.75. The standard InChI is InChI=1S/C14H25N3/c1-10(2)17-9-11-7-13(3,4)16-14(5,6)8-12(11)15-17/h9-10,16H,7-8H2,1-6H3. The van der Waals surface area contributed by atoms with Crippen LogP contribution in [0.5, 0.6) is 0 Å². The zero-order valence-corrected chi connectivity index (χ0v) is 12.0. The average molecular weight is 235 g/mol. The Morgan fingerprint density at radius 2 is 1.76 bits per heavy atom. The van der Waals surface area contributed by atoms with Gasteiger partial charge in [-0.25, -0.2) is 0 Å². The van der Waals surface area contributed by atoms with Crippen LogP contribution in [-0.2, 0) is 12.8 Å². The van der Waals surface area contributed by atoms with Crippen LogP contribution in [0.2, 0.25) is 0 Å². The van der Waals surface area contributed by atoms with Gasteiger partial charge in [0.1, 0.15) is 0 Å². The van der Waals surface area contributed by atoms with E-state index in [1.807, 2.05) is 0 Å². The molecule has 1 aliphatic heterocycles. The molecule has 96 valence electrons. The molecule has 2 heterocycles. The normalized spacial score (nSPS) is 22.3. The summed E-state index contributed by atoms with van der Waals surface area (Å²) in [5, 5.41) is 8.48. The quantitative estimate of drug-likeness (QED) is 0.811. The van der Waals surface area contributed by atoms with Gasteiger partial charge in [0.05, 0.1) is 5.69 Å². The van der Waals surface area contributed by atoms with Crippen LogP contribution in [0, 0.1) is 0 Å². The number of hydrogen-bond acceptors (Lipinski definition) is 2. The lowest BCUT2D eigenvalue weighted by Crippen LogP contribution is -2.52. The van der Waals surface area contributed by atoms with E-state index in [0.717, 1.165) is 12.8 Å². The van der Waals surface area contributed by atoms with Gasteiger partial charge in [-0.15, -0.1) is 0 Å². The highest BCUT2D eigenvalue weighted by atomic mass is 15.3. The van der Waals surface area contributed by atoms with Crippen molar-refractivity contribution in [2.24, 2.45) is 0 Å². The first-order valence-electron chi connectivity index (χ1n) is 6.55. The molecule has 2 rings (SSSR count). The Labute approximate surface area is 105 Å². The second-order valence-corrected chi connectivity index (χ2v) is 6.92. The molecule has 0 amide bonds. The van der Waals surface area contributed by atoms with E-state index in [1.54, 1.807) is 0 Å². The lowest BCUT2D eigenvalue weighted by Gasteiger charge is -2.34. The number of rotatable bonds is 1. The van der Waals surface area contributed by atoms with Gasteiger partial charge >= 0.3 is 0 Å². The molecule has 0 aromatic carbocycles. The van der Waals surface area contributed by atoms with Crippen molar-refractivity contribution in [3.63, 3.8) is 0 Å². The van der Waals surface area contributed by atoms with Gasteiger partial charge in [0.15, 0.2) is 0 Å². The van der Waals surface area contributed by atoms with Crippen molar-refractivity contribution in [2.45, 2.75) is 71.5 Å². The molecule has 1 aromatic rings. The minimum atomic E-state index is 0.116. The molecule has 0 unspecified atom stereocenters. The third kappa shape index (κ3) is 2.71. The molecule has 0 atom stereocenters. The summed E-state index contributed by atoms with van der Waals surface area (Å²) < 4.78 is 2.10. The molecule has 1 aliphatic rings. The largest absolute Gasteiger partial charge is 0.306 e. The van der Waals surface area contributed by atoms with E-state index in [0.29, 0.717) is 6.04 Å². The van der Waals surface area contributed by atoms with E-state index in [4.69, 9.17) is 5.10 Å². The predicted molar refractivity (Wildman–Crippen MR) is 71.3 cm³/mol. The first-order chi connectivity index (χ1) is 7.69. The Morgan fingerprint density at radius 1 is 1.18 bits per heavy atom. The van der Waals surface area contributed by atoms with Crippen molar-refractivity contribution in [3.05, 3.63) is 17.5 Å². The van der Waals surface area contributed by atoms with E-state index in [1.165, 1.54) is 11.3 Å². The summed E-state index contributed by atoms with van der Waals surface area (Å²) in [4.78, 5) is 0. The molecule has 1 N–H and O–H groups in total. The third-order valence-electron chi connectivity index (χ3n) is 3.34. The Bertz CT molecular complexity index is 380. The Hall–Kier alpha value is -0.830. The third-order valence-corrected chi connectivity index (χ3v) is 3.34. The van der Waals surface area contributed by atoms with Gasteiger partial charge in [-0.1, -0.05) is 0 Å². The molecule has 17 heavy (non-hydrogen) atoms. The predicted octanol–water partition coefficient (Wildman–Crippen LogP) is 2.71. The highest BCUT2D eigenvalue weighted by molar-refractivity contribution is 5.25. The lowest BCUT2D eigenvalue weighted by atomic mass is 9.95.